The van der Waals surface area contributed by atoms with Crippen molar-refractivity contribution < 1.29 is 33.3 Å². The Hall–Kier alpha value is -2.52. The third kappa shape index (κ3) is 7.10. The summed E-state index contributed by atoms with van der Waals surface area (Å²) in [5, 5.41) is 0. The van der Waals surface area contributed by atoms with E-state index in [1.165, 1.54) is 4.90 Å². The highest BCUT2D eigenvalue weighted by atomic mass is 16.7. The number of nitrogens with zero attached hydrogens (tertiary/aromatic N) is 1. The number of hydrogen-bond acceptors (Lipinski definition) is 8. The lowest BCUT2D eigenvalue weighted by atomic mass is 10.1. The van der Waals surface area contributed by atoms with Gasteiger partial charge in [-0.3, -0.25) is 4.79 Å². The van der Waals surface area contributed by atoms with Crippen LogP contribution in [0.4, 0.5) is 4.79 Å². The molecule has 2 atom stereocenters. The van der Waals surface area contributed by atoms with Crippen molar-refractivity contribution in [3.05, 3.63) is 24.3 Å². The molecule has 1 aliphatic heterocycles. The quantitative estimate of drug-likeness (QED) is 0.485. The van der Waals surface area contributed by atoms with Crippen LogP contribution in [-0.4, -0.2) is 68.8 Å². The summed E-state index contributed by atoms with van der Waals surface area (Å²) in [5.41, 5.74) is 5.68. The molecular formula is C20H30N2O7. The van der Waals surface area contributed by atoms with Crippen LogP contribution in [0, 0.1) is 5.92 Å². The first kappa shape index (κ1) is 22.8. The van der Waals surface area contributed by atoms with Gasteiger partial charge in [0.2, 0.25) is 6.79 Å². The number of esters is 1. The second-order valence-corrected chi connectivity index (χ2v) is 6.89. The Kier molecular flexibility index (Phi) is 9.01. The number of para-hydroxylation sites is 2. The minimum absolute atomic E-state index is 0.0638. The number of carbonyl (C=O) groups is 2. The van der Waals surface area contributed by atoms with Crippen molar-refractivity contribution >= 4 is 12.1 Å². The van der Waals surface area contributed by atoms with E-state index >= 15 is 0 Å². The number of nitrogens with two attached hydrogens (primary N) is 1. The molecule has 1 amide bonds. The van der Waals surface area contributed by atoms with E-state index in [0.29, 0.717) is 37.8 Å². The third-order valence-electron chi connectivity index (χ3n) is 4.34. The predicted octanol–water partition coefficient (Wildman–Crippen LogP) is 1.79. The van der Waals surface area contributed by atoms with Crippen molar-refractivity contribution in [2.75, 3.05) is 39.7 Å². The zero-order valence-corrected chi connectivity index (χ0v) is 17.2. The maximum absolute atomic E-state index is 12.2. The topological polar surface area (TPSA) is 110 Å². The molecule has 0 radical (unpaired) electrons. The molecule has 9 nitrogen and oxygen atoms in total. The maximum atomic E-state index is 12.2. The Balaban J connectivity index is 1.77. The first-order valence-corrected chi connectivity index (χ1v) is 9.72. The molecule has 29 heavy (non-hydrogen) atoms. The molecule has 0 spiro atoms. The zero-order valence-electron chi connectivity index (χ0n) is 17.2. The zero-order chi connectivity index (χ0) is 21.2. The standard InChI is InChI=1S/C20H30N2O7/c1-4-25-16-7-5-6-8-17(16)27-12-15-11-22(9-10-26-15)20(24)29-13-28-19(23)18(21)14(2)3/h5-8,14-15,18H,4,9-13,21H2,1-3H3/t15?,18-/m1/s1. The van der Waals surface area contributed by atoms with Gasteiger partial charge in [0.25, 0.3) is 0 Å². The van der Waals surface area contributed by atoms with E-state index in [2.05, 4.69) is 0 Å². The highest BCUT2D eigenvalue weighted by Gasteiger charge is 2.27. The van der Waals surface area contributed by atoms with E-state index in [1.807, 2.05) is 31.2 Å². The van der Waals surface area contributed by atoms with Gasteiger partial charge in [-0.1, -0.05) is 26.0 Å². The Bertz CT molecular complexity index is 668. The van der Waals surface area contributed by atoms with Crippen LogP contribution in [0.1, 0.15) is 20.8 Å². The molecule has 0 bridgehead atoms. The maximum Gasteiger partial charge on any atom is 0.412 e. The molecule has 1 fully saturated rings. The molecule has 0 saturated carbocycles. The smallest absolute Gasteiger partial charge is 0.412 e. The average Bonchev–Trinajstić information content (AvgIpc) is 2.72. The summed E-state index contributed by atoms with van der Waals surface area (Å²) in [5.74, 6) is 0.606. The van der Waals surface area contributed by atoms with Gasteiger partial charge in [0, 0.05) is 6.54 Å². The van der Waals surface area contributed by atoms with Gasteiger partial charge >= 0.3 is 12.1 Å². The molecule has 1 heterocycles. The summed E-state index contributed by atoms with van der Waals surface area (Å²) in [4.78, 5) is 25.4. The van der Waals surface area contributed by atoms with Crippen molar-refractivity contribution in [2.45, 2.75) is 32.9 Å². The van der Waals surface area contributed by atoms with Gasteiger partial charge < -0.3 is 34.3 Å². The molecular weight excluding hydrogens is 380 g/mol. The highest BCUT2D eigenvalue weighted by Crippen LogP contribution is 2.26. The van der Waals surface area contributed by atoms with E-state index in [4.69, 9.17) is 29.4 Å². The highest BCUT2D eigenvalue weighted by molar-refractivity contribution is 5.76. The average molecular weight is 410 g/mol. The van der Waals surface area contributed by atoms with E-state index in [-0.39, 0.29) is 18.6 Å². The monoisotopic (exact) mass is 410 g/mol. The lowest BCUT2D eigenvalue weighted by Gasteiger charge is -2.32. The Morgan fingerprint density at radius 1 is 1.21 bits per heavy atom. The summed E-state index contributed by atoms with van der Waals surface area (Å²) in [6.07, 6.45) is -0.901. The molecule has 1 saturated heterocycles. The molecule has 1 aliphatic rings. The fourth-order valence-corrected chi connectivity index (χ4v) is 2.61. The summed E-state index contributed by atoms with van der Waals surface area (Å²) in [7, 11) is 0. The van der Waals surface area contributed by atoms with Crippen LogP contribution in [0.5, 0.6) is 11.5 Å². The number of hydrogen-bond donors (Lipinski definition) is 1. The number of amides is 1. The van der Waals surface area contributed by atoms with Crippen molar-refractivity contribution in [3.63, 3.8) is 0 Å². The SMILES string of the molecule is CCOc1ccccc1OCC1CN(C(=O)OCOC(=O)[C@H](N)C(C)C)CCO1. The fraction of sp³-hybridized carbons (Fsp3) is 0.600. The molecule has 1 unspecified atom stereocenters. The predicted molar refractivity (Wildman–Crippen MR) is 105 cm³/mol. The Morgan fingerprint density at radius 3 is 2.55 bits per heavy atom. The van der Waals surface area contributed by atoms with Gasteiger partial charge in [0.15, 0.2) is 11.5 Å². The molecule has 1 aromatic rings. The normalized spacial score (nSPS) is 17.6. The summed E-state index contributed by atoms with van der Waals surface area (Å²) in [6, 6.07) is 6.62. The van der Waals surface area contributed by atoms with Gasteiger partial charge in [-0.15, -0.1) is 0 Å². The minimum Gasteiger partial charge on any atom is -0.490 e. The van der Waals surface area contributed by atoms with E-state index in [9.17, 15) is 9.59 Å². The second-order valence-electron chi connectivity index (χ2n) is 6.89. The van der Waals surface area contributed by atoms with Gasteiger partial charge in [0.1, 0.15) is 18.8 Å². The van der Waals surface area contributed by atoms with E-state index in [1.54, 1.807) is 13.8 Å². The number of morpholine rings is 1. The minimum atomic E-state index is -0.752. The first-order valence-electron chi connectivity index (χ1n) is 9.72. The molecule has 1 aromatic carbocycles. The van der Waals surface area contributed by atoms with Crippen LogP contribution < -0.4 is 15.2 Å². The van der Waals surface area contributed by atoms with E-state index in [0.717, 1.165) is 0 Å². The van der Waals surface area contributed by atoms with Crippen LogP contribution in [0.15, 0.2) is 24.3 Å². The van der Waals surface area contributed by atoms with Gasteiger partial charge in [-0.05, 0) is 25.0 Å². The Morgan fingerprint density at radius 2 is 1.90 bits per heavy atom. The number of carbonyl (C=O) groups excluding carboxylic acids is 2. The number of rotatable bonds is 9. The summed E-state index contributed by atoms with van der Waals surface area (Å²) >= 11 is 0. The van der Waals surface area contributed by atoms with Crippen molar-refractivity contribution in [1.82, 2.24) is 4.90 Å². The van der Waals surface area contributed by atoms with Gasteiger partial charge in [0.05, 0.1) is 19.8 Å². The van der Waals surface area contributed by atoms with Crippen LogP contribution >= 0.6 is 0 Å². The van der Waals surface area contributed by atoms with Gasteiger partial charge in [-0.2, -0.15) is 0 Å². The lowest BCUT2D eigenvalue weighted by Crippen LogP contribution is -2.48. The van der Waals surface area contributed by atoms with Crippen LogP contribution in [0.2, 0.25) is 0 Å². The fourth-order valence-electron chi connectivity index (χ4n) is 2.61. The van der Waals surface area contributed by atoms with Crippen molar-refractivity contribution in [2.24, 2.45) is 11.7 Å². The van der Waals surface area contributed by atoms with Crippen LogP contribution in [0.3, 0.4) is 0 Å². The first-order chi connectivity index (χ1) is 13.9. The lowest BCUT2D eigenvalue weighted by molar-refractivity contribution is -0.155. The largest absolute Gasteiger partial charge is 0.490 e. The van der Waals surface area contributed by atoms with Crippen LogP contribution in [0.25, 0.3) is 0 Å². The summed E-state index contributed by atoms with van der Waals surface area (Å²) in [6.45, 7) is 6.87. The molecule has 0 aliphatic carbocycles. The molecule has 0 aromatic heterocycles. The van der Waals surface area contributed by atoms with Gasteiger partial charge in [-0.25, -0.2) is 4.79 Å². The van der Waals surface area contributed by atoms with Crippen molar-refractivity contribution in [3.8, 4) is 11.5 Å². The van der Waals surface area contributed by atoms with Crippen molar-refractivity contribution in [1.29, 1.82) is 0 Å². The molecule has 2 rings (SSSR count). The molecule has 2 N–H and O–H groups in total. The number of benzene rings is 1. The Labute approximate surface area is 171 Å². The molecule has 162 valence electrons. The summed E-state index contributed by atoms with van der Waals surface area (Å²) < 4.78 is 26.9. The van der Waals surface area contributed by atoms with Crippen LogP contribution in [-0.2, 0) is 19.0 Å². The van der Waals surface area contributed by atoms with E-state index < -0.39 is 24.9 Å². The third-order valence-corrected chi connectivity index (χ3v) is 4.34. The molecule has 9 heteroatoms. The number of ether oxygens (including phenoxy) is 5. The second kappa shape index (κ2) is 11.5.